The minimum atomic E-state index is 0.236. The van der Waals surface area contributed by atoms with Gasteiger partial charge < -0.3 is 4.74 Å². The molecule has 3 aromatic carbocycles. The molecular weight excluding hydrogens is 368 g/mol. The number of aryl methyl sites for hydroxylation is 1. The fraction of sp³-hybridized carbons (Fsp3) is 0.296. The molecule has 1 unspecified atom stereocenters. The van der Waals surface area contributed by atoms with Crippen LogP contribution in [0, 0.1) is 6.92 Å². The van der Waals surface area contributed by atoms with Crippen LogP contribution in [0.25, 0.3) is 0 Å². The molecule has 1 fully saturated rings. The van der Waals surface area contributed by atoms with E-state index >= 15 is 0 Å². The second-order valence-corrected chi connectivity index (χ2v) is 8.05. The predicted octanol–water partition coefficient (Wildman–Crippen LogP) is 5.68. The van der Waals surface area contributed by atoms with Crippen LogP contribution >= 0.6 is 0 Å². The lowest BCUT2D eigenvalue weighted by Crippen LogP contribution is -2.38. The summed E-state index contributed by atoms with van der Waals surface area (Å²) in [7, 11) is 1.73. The van der Waals surface area contributed by atoms with E-state index in [2.05, 4.69) is 78.6 Å². The molecule has 1 atom stereocenters. The molecule has 3 heteroatoms. The Morgan fingerprint density at radius 3 is 2.33 bits per heavy atom. The van der Waals surface area contributed by atoms with Crippen molar-refractivity contribution in [2.45, 2.75) is 31.8 Å². The summed E-state index contributed by atoms with van der Waals surface area (Å²) in [6.07, 6.45) is 4.19. The van der Waals surface area contributed by atoms with Gasteiger partial charge in [-0.05, 0) is 48.6 Å². The molecule has 0 amide bonds. The topological polar surface area (TPSA) is 24.8 Å². The summed E-state index contributed by atoms with van der Waals surface area (Å²) in [5.41, 5.74) is 5.08. The van der Waals surface area contributed by atoms with E-state index in [0.29, 0.717) is 6.04 Å². The van der Waals surface area contributed by atoms with Crippen LogP contribution in [0.2, 0.25) is 0 Å². The molecule has 3 aromatic rings. The van der Waals surface area contributed by atoms with Gasteiger partial charge in [0.05, 0.1) is 19.2 Å². The molecule has 0 radical (unpaired) electrons. The quantitative estimate of drug-likeness (QED) is 0.499. The van der Waals surface area contributed by atoms with Gasteiger partial charge in [-0.25, -0.2) is 0 Å². The maximum Gasteiger partial charge on any atom is 0.119 e. The lowest BCUT2D eigenvalue weighted by molar-refractivity contribution is 0.175. The molecule has 4 rings (SSSR count). The van der Waals surface area contributed by atoms with E-state index in [1.807, 2.05) is 18.3 Å². The monoisotopic (exact) mass is 398 g/mol. The molecule has 0 aromatic heterocycles. The normalized spacial score (nSPS) is 16.6. The van der Waals surface area contributed by atoms with Gasteiger partial charge in [-0.15, -0.1) is 0 Å². The van der Waals surface area contributed by atoms with Crippen LogP contribution in [0.5, 0.6) is 5.75 Å². The predicted molar refractivity (Wildman–Crippen MR) is 125 cm³/mol. The Labute approximate surface area is 180 Å². The van der Waals surface area contributed by atoms with Crippen LogP contribution in [0.1, 0.15) is 41.1 Å². The maximum atomic E-state index is 5.50. The van der Waals surface area contributed by atoms with E-state index in [9.17, 15) is 0 Å². The van der Waals surface area contributed by atoms with Crippen LogP contribution in [0.15, 0.2) is 83.9 Å². The molecule has 0 spiro atoms. The molecule has 1 aliphatic rings. The first-order chi connectivity index (χ1) is 14.7. The molecule has 30 heavy (non-hydrogen) atoms. The maximum absolute atomic E-state index is 5.50. The zero-order valence-corrected chi connectivity index (χ0v) is 17.9. The van der Waals surface area contributed by atoms with Crippen molar-refractivity contribution in [3.05, 3.63) is 101 Å². The summed E-state index contributed by atoms with van der Waals surface area (Å²) in [5, 5.41) is 0. The highest BCUT2D eigenvalue weighted by Gasteiger charge is 2.27. The zero-order chi connectivity index (χ0) is 20.8. The average molecular weight is 399 g/mol. The Morgan fingerprint density at radius 1 is 0.900 bits per heavy atom. The van der Waals surface area contributed by atoms with Crippen LogP contribution in [0.4, 0.5) is 0 Å². The Bertz CT molecular complexity index is 958. The first-order valence-electron chi connectivity index (χ1n) is 10.8. The number of hydrogen-bond donors (Lipinski definition) is 0. The fourth-order valence-electron chi connectivity index (χ4n) is 4.20. The Morgan fingerprint density at radius 2 is 1.63 bits per heavy atom. The van der Waals surface area contributed by atoms with Crippen molar-refractivity contribution >= 4 is 6.21 Å². The summed E-state index contributed by atoms with van der Waals surface area (Å²) in [6, 6.07) is 28.4. The molecule has 0 saturated carbocycles. The Hall–Kier alpha value is -2.91. The molecule has 1 saturated heterocycles. The van der Waals surface area contributed by atoms with Crippen molar-refractivity contribution < 1.29 is 4.74 Å². The van der Waals surface area contributed by atoms with Crippen LogP contribution in [-0.2, 0) is 0 Å². The average Bonchev–Trinajstić information content (AvgIpc) is 2.81. The highest BCUT2D eigenvalue weighted by Crippen LogP contribution is 2.33. The van der Waals surface area contributed by atoms with Gasteiger partial charge in [0.1, 0.15) is 5.75 Å². The summed E-state index contributed by atoms with van der Waals surface area (Å²) < 4.78 is 5.50. The second-order valence-electron chi connectivity index (χ2n) is 8.05. The van der Waals surface area contributed by atoms with E-state index in [1.54, 1.807) is 7.11 Å². The molecule has 0 bridgehead atoms. The number of nitrogens with zero attached hydrogens (tertiary/aromatic N) is 2. The van der Waals surface area contributed by atoms with E-state index in [0.717, 1.165) is 31.7 Å². The third-order valence-corrected chi connectivity index (χ3v) is 5.90. The van der Waals surface area contributed by atoms with Crippen LogP contribution in [0.3, 0.4) is 0 Å². The van der Waals surface area contributed by atoms with Gasteiger partial charge in [0.15, 0.2) is 0 Å². The number of methoxy groups -OCH3 is 1. The number of ether oxygens (including phenoxy) is 1. The minimum Gasteiger partial charge on any atom is -0.497 e. The van der Waals surface area contributed by atoms with Crippen molar-refractivity contribution in [1.29, 1.82) is 0 Å². The largest absolute Gasteiger partial charge is 0.497 e. The van der Waals surface area contributed by atoms with Crippen LogP contribution < -0.4 is 4.74 Å². The van der Waals surface area contributed by atoms with Gasteiger partial charge in [0.25, 0.3) is 0 Å². The number of rotatable bonds is 6. The molecule has 1 aliphatic heterocycles. The van der Waals surface area contributed by atoms with Crippen molar-refractivity contribution in [2.75, 3.05) is 20.2 Å². The van der Waals surface area contributed by atoms with E-state index in [-0.39, 0.29) is 6.04 Å². The van der Waals surface area contributed by atoms with Crippen molar-refractivity contribution in [1.82, 2.24) is 4.90 Å². The number of piperidine rings is 1. The van der Waals surface area contributed by atoms with E-state index in [1.165, 1.54) is 22.3 Å². The highest BCUT2D eigenvalue weighted by molar-refractivity contribution is 5.79. The number of hydrogen-bond acceptors (Lipinski definition) is 3. The Kier molecular flexibility index (Phi) is 6.60. The van der Waals surface area contributed by atoms with Crippen molar-refractivity contribution in [3.8, 4) is 5.75 Å². The van der Waals surface area contributed by atoms with Gasteiger partial charge in [-0.1, -0.05) is 72.3 Å². The van der Waals surface area contributed by atoms with Gasteiger partial charge in [0.2, 0.25) is 0 Å². The minimum absolute atomic E-state index is 0.236. The first kappa shape index (κ1) is 20.4. The standard InChI is InChI=1S/C27H30N2O/c1-21-11-13-23(14-12-21)27(24-9-6-10-26(19-24)30-2)29-17-15-25(16-18-29)28-20-22-7-4-3-5-8-22/h3-14,19-20,25,27H,15-18H2,1-2H3/b28-20+. The first-order valence-corrected chi connectivity index (χ1v) is 10.8. The SMILES string of the molecule is COc1cccc(C(c2ccc(C)cc2)N2CCC(/N=C/c3ccccc3)CC2)c1. The third kappa shape index (κ3) is 4.98. The molecule has 154 valence electrons. The summed E-state index contributed by atoms with van der Waals surface area (Å²) in [5.74, 6) is 0.909. The lowest BCUT2D eigenvalue weighted by Gasteiger charge is -2.37. The number of benzene rings is 3. The summed E-state index contributed by atoms with van der Waals surface area (Å²) in [6.45, 7) is 4.21. The van der Waals surface area contributed by atoms with Gasteiger partial charge >= 0.3 is 0 Å². The van der Waals surface area contributed by atoms with Crippen molar-refractivity contribution in [2.24, 2.45) is 4.99 Å². The molecular formula is C27H30N2O. The number of likely N-dealkylation sites (tertiary alicyclic amines) is 1. The highest BCUT2D eigenvalue weighted by atomic mass is 16.5. The molecule has 3 nitrogen and oxygen atoms in total. The summed E-state index contributed by atoms with van der Waals surface area (Å²) >= 11 is 0. The lowest BCUT2D eigenvalue weighted by atomic mass is 9.93. The second kappa shape index (κ2) is 9.73. The molecule has 1 heterocycles. The Balaban J connectivity index is 1.52. The third-order valence-electron chi connectivity index (χ3n) is 5.90. The number of aliphatic imine (C=N–C) groups is 1. The smallest absolute Gasteiger partial charge is 0.119 e. The van der Waals surface area contributed by atoms with Crippen LogP contribution in [-0.4, -0.2) is 37.4 Å². The zero-order valence-electron chi connectivity index (χ0n) is 17.9. The summed E-state index contributed by atoms with van der Waals surface area (Å²) in [4.78, 5) is 7.45. The van der Waals surface area contributed by atoms with Gasteiger partial charge in [-0.3, -0.25) is 9.89 Å². The molecule has 0 aliphatic carbocycles. The van der Waals surface area contributed by atoms with E-state index < -0.39 is 0 Å². The van der Waals surface area contributed by atoms with E-state index in [4.69, 9.17) is 9.73 Å². The molecule has 0 N–H and O–H groups in total. The van der Waals surface area contributed by atoms with Crippen molar-refractivity contribution in [3.63, 3.8) is 0 Å². The fourth-order valence-corrected chi connectivity index (χ4v) is 4.20. The van der Waals surface area contributed by atoms with Gasteiger partial charge in [-0.2, -0.15) is 0 Å². The van der Waals surface area contributed by atoms with Gasteiger partial charge in [0, 0.05) is 19.3 Å².